The summed E-state index contributed by atoms with van der Waals surface area (Å²) in [7, 11) is 0. The van der Waals surface area contributed by atoms with Crippen LogP contribution in [-0.2, 0) is 6.42 Å². The molecule has 0 spiro atoms. The number of halogens is 2. The number of rotatable bonds is 5. The number of benzene rings is 1. The smallest absolute Gasteiger partial charge is 0.0453 e. The predicted molar refractivity (Wildman–Crippen MR) is 79.6 cm³/mol. The number of hydrogen-bond acceptors (Lipinski definition) is 1. The largest absolute Gasteiger partial charge is 0.314 e. The zero-order valence-corrected chi connectivity index (χ0v) is 12.4. The topological polar surface area (TPSA) is 12.0 Å². The normalized spacial score (nSPS) is 18.2. The molecule has 0 saturated heterocycles. The minimum atomic E-state index is 0.624. The van der Waals surface area contributed by atoms with Crippen LogP contribution in [0.2, 0.25) is 10.0 Å². The van der Waals surface area contributed by atoms with E-state index in [1.165, 1.54) is 31.2 Å². The van der Waals surface area contributed by atoms with E-state index in [-0.39, 0.29) is 0 Å². The molecule has 1 aromatic carbocycles. The lowest BCUT2D eigenvalue weighted by Gasteiger charge is -2.20. The maximum Gasteiger partial charge on any atom is 0.0453 e. The van der Waals surface area contributed by atoms with Crippen LogP contribution in [0.25, 0.3) is 0 Å². The van der Waals surface area contributed by atoms with E-state index >= 15 is 0 Å². The third-order valence-corrected chi connectivity index (χ3v) is 4.57. The maximum absolute atomic E-state index is 6.16. The molecule has 1 saturated carbocycles. The average Bonchev–Trinajstić information content (AvgIpc) is 2.85. The van der Waals surface area contributed by atoms with Gasteiger partial charge in [0.05, 0.1) is 0 Å². The van der Waals surface area contributed by atoms with Crippen molar-refractivity contribution in [3.8, 4) is 0 Å². The summed E-state index contributed by atoms with van der Waals surface area (Å²) in [5.74, 6) is 0.866. The highest BCUT2D eigenvalue weighted by Crippen LogP contribution is 2.27. The van der Waals surface area contributed by atoms with E-state index < -0.39 is 0 Å². The first-order valence-electron chi connectivity index (χ1n) is 6.84. The lowest BCUT2D eigenvalue weighted by atomic mass is 9.99. The van der Waals surface area contributed by atoms with E-state index in [2.05, 4.69) is 12.2 Å². The molecule has 1 unspecified atom stereocenters. The summed E-state index contributed by atoms with van der Waals surface area (Å²) >= 11 is 12.0. The molecule has 2 rings (SSSR count). The van der Waals surface area contributed by atoms with Crippen molar-refractivity contribution >= 4 is 23.2 Å². The number of nitrogens with one attached hydrogen (secondary N) is 1. The van der Waals surface area contributed by atoms with Crippen molar-refractivity contribution in [3.63, 3.8) is 0 Å². The van der Waals surface area contributed by atoms with Gasteiger partial charge >= 0.3 is 0 Å². The summed E-state index contributed by atoms with van der Waals surface area (Å²) in [6, 6.07) is 6.37. The van der Waals surface area contributed by atoms with Gasteiger partial charge in [0, 0.05) is 16.1 Å². The summed E-state index contributed by atoms with van der Waals surface area (Å²) in [6.45, 7) is 3.29. The van der Waals surface area contributed by atoms with Crippen molar-refractivity contribution < 1.29 is 0 Å². The van der Waals surface area contributed by atoms with Gasteiger partial charge in [-0.1, -0.05) is 42.1 Å². The van der Waals surface area contributed by atoms with Gasteiger partial charge in [-0.05, 0) is 56.3 Å². The van der Waals surface area contributed by atoms with Gasteiger partial charge in [-0.25, -0.2) is 0 Å². The van der Waals surface area contributed by atoms with Gasteiger partial charge in [-0.15, -0.1) is 0 Å². The van der Waals surface area contributed by atoms with Crippen LogP contribution in [0, 0.1) is 5.92 Å². The fourth-order valence-corrected chi connectivity index (χ4v) is 3.29. The first-order valence-corrected chi connectivity index (χ1v) is 7.59. The molecule has 0 radical (unpaired) electrons. The number of hydrogen-bond donors (Lipinski definition) is 1. The van der Waals surface area contributed by atoms with Crippen molar-refractivity contribution in [3.05, 3.63) is 33.8 Å². The van der Waals surface area contributed by atoms with Crippen LogP contribution in [0.4, 0.5) is 0 Å². The Morgan fingerprint density at radius 3 is 2.67 bits per heavy atom. The first-order chi connectivity index (χ1) is 8.66. The molecule has 0 amide bonds. The average molecular weight is 286 g/mol. The Labute approximate surface area is 120 Å². The molecule has 1 aliphatic rings. The molecule has 18 heavy (non-hydrogen) atoms. The van der Waals surface area contributed by atoms with E-state index in [1.807, 2.05) is 18.2 Å². The monoisotopic (exact) mass is 285 g/mol. The van der Waals surface area contributed by atoms with Crippen LogP contribution in [0.5, 0.6) is 0 Å². The van der Waals surface area contributed by atoms with Crippen LogP contribution < -0.4 is 5.32 Å². The highest BCUT2D eigenvalue weighted by molar-refractivity contribution is 6.35. The Bertz CT molecular complexity index is 386. The molecule has 1 fully saturated rings. The molecule has 1 atom stereocenters. The van der Waals surface area contributed by atoms with Crippen molar-refractivity contribution in [2.45, 2.75) is 45.1 Å². The third kappa shape index (κ3) is 3.88. The van der Waals surface area contributed by atoms with Gasteiger partial charge in [0.1, 0.15) is 0 Å². The minimum Gasteiger partial charge on any atom is -0.314 e. The van der Waals surface area contributed by atoms with Crippen LogP contribution in [0.15, 0.2) is 18.2 Å². The van der Waals surface area contributed by atoms with E-state index in [0.717, 1.165) is 23.9 Å². The lowest BCUT2D eigenvalue weighted by Crippen LogP contribution is -2.33. The van der Waals surface area contributed by atoms with E-state index in [0.29, 0.717) is 11.1 Å². The zero-order valence-electron chi connectivity index (χ0n) is 10.9. The fraction of sp³-hybridized carbons (Fsp3) is 0.600. The molecule has 0 aliphatic heterocycles. The second-order valence-electron chi connectivity index (χ2n) is 5.27. The summed E-state index contributed by atoms with van der Waals surface area (Å²) < 4.78 is 0. The molecular formula is C15H21Cl2N. The minimum absolute atomic E-state index is 0.624. The molecule has 1 N–H and O–H groups in total. The highest BCUT2D eigenvalue weighted by Gasteiger charge is 2.20. The zero-order chi connectivity index (χ0) is 13.0. The Balaban J connectivity index is 1.77. The van der Waals surface area contributed by atoms with Crippen LogP contribution in [0.3, 0.4) is 0 Å². The second-order valence-corrected chi connectivity index (χ2v) is 6.12. The van der Waals surface area contributed by atoms with Gasteiger partial charge in [0.25, 0.3) is 0 Å². The standard InChI is InChI=1S/C15H21Cl2N/c1-11(12-4-2-3-5-12)18-9-8-13-6-7-14(16)10-15(13)17/h6-7,10-12,18H,2-5,8-9H2,1H3. The van der Waals surface area contributed by atoms with E-state index in [9.17, 15) is 0 Å². The summed E-state index contributed by atoms with van der Waals surface area (Å²) in [4.78, 5) is 0. The van der Waals surface area contributed by atoms with Crippen molar-refractivity contribution in [1.82, 2.24) is 5.32 Å². The SMILES string of the molecule is CC(NCCc1ccc(Cl)cc1Cl)C1CCCC1. The Kier molecular flexibility index (Phi) is 5.35. The van der Waals surface area contributed by atoms with Gasteiger partial charge in [-0.3, -0.25) is 0 Å². The summed E-state index contributed by atoms with van der Waals surface area (Å²) in [5.41, 5.74) is 1.17. The van der Waals surface area contributed by atoms with E-state index in [4.69, 9.17) is 23.2 Å². The Hall–Kier alpha value is -0.240. The molecule has 0 heterocycles. The van der Waals surface area contributed by atoms with Gasteiger partial charge in [0.2, 0.25) is 0 Å². The molecule has 1 aliphatic carbocycles. The second kappa shape index (κ2) is 6.79. The lowest BCUT2D eigenvalue weighted by molar-refractivity contribution is 0.384. The Morgan fingerprint density at radius 1 is 1.28 bits per heavy atom. The van der Waals surface area contributed by atoms with Crippen LogP contribution in [0.1, 0.15) is 38.2 Å². The molecule has 1 aromatic rings. The summed E-state index contributed by atoms with van der Waals surface area (Å²) in [5, 5.41) is 5.10. The molecular weight excluding hydrogens is 265 g/mol. The maximum atomic E-state index is 6.16. The van der Waals surface area contributed by atoms with Crippen molar-refractivity contribution in [2.75, 3.05) is 6.54 Å². The van der Waals surface area contributed by atoms with Crippen molar-refractivity contribution in [2.24, 2.45) is 5.92 Å². The van der Waals surface area contributed by atoms with Crippen LogP contribution >= 0.6 is 23.2 Å². The van der Waals surface area contributed by atoms with Crippen LogP contribution in [-0.4, -0.2) is 12.6 Å². The summed E-state index contributed by atoms with van der Waals surface area (Å²) in [6.07, 6.45) is 6.54. The van der Waals surface area contributed by atoms with Crippen molar-refractivity contribution in [1.29, 1.82) is 0 Å². The highest BCUT2D eigenvalue weighted by atomic mass is 35.5. The predicted octanol–water partition coefficient (Wildman–Crippen LogP) is 4.70. The molecule has 0 bridgehead atoms. The van der Waals surface area contributed by atoms with Gasteiger partial charge in [0.15, 0.2) is 0 Å². The first kappa shape index (κ1) is 14.2. The van der Waals surface area contributed by atoms with E-state index in [1.54, 1.807) is 0 Å². The molecule has 0 aromatic heterocycles. The van der Waals surface area contributed by atoms with Gasteiger partial charge in [-0.2, -0.15) is 0 Å². The molecule has 3 heteroatoms. The fourth-order valence-electron chi connectivity index (χ4n) is 2.78. The quantitative estimate of drug-likeness (QED) is 0.827. The molecule has 100 valence electrons. The third-order valence-electron chi connectivity index (χ3n) is 3.98. The van der Waals surface area contributed by atoms with Gasteiger partial charge < -0.3 is 5.32 Å². The molecule has 1 nitrogen and oxygen atoms in total. The Morgan fingerprint density at radius 2 is 2.00 bits per heavy atom.